The number of amides is 1. The van der Waals surface area contributed by atoms with E-state index in [0.29, 0.717) is 0 Å². The van der Waals surface area contributed by atoms with E-state index in [1.54, 1.807) is 6.07 Å². The average Bonchev–Trinajstić information content (AvgIpc) is 2.41. The van der Waals surface area contributed by atoms with E-state index in [0.717, 1.165) is 11.1 Å². The van der Waals surface area contributed by atoms with Gasteiger partial charge in [-0.3, -0.25) is 4.79 Å². The number of benzene rings is 2. The molecule has 0 unspecified atom stereocenters. The van der Waals surface area contributed by atoms with Crippen LogP contribution >= 0.6 is 0 Å². The van der Waals surface area contributed by atoms with Crippen molar-refractivity contribution in [3.05, 3.63) is 71.0 Å². The lowest BCUT2D eigenvalue weighted by Crippen LogP contribution is -2.18. The molecule has 19 heavy (non-hydrogen) atoms. The summed E-state index contributed by atoms with van der Waals surface area (Å²) in [5.41, 5.74) is 4.28. The van der Waals surface area contributed by atoms with Crippen LogP contribution in [0.3, 0.4) is 0 Å². The first-order chi connectivity index (χ1) is 9.16. The highest BCUT2D eigenvalue weighted by Crippen LogP contribution is 2.05. The molecule has 2 aromatic carbocycles. The molecule has 1 N–H and O–H groups in total. The van der Waals surface area contributed by atoms with Gasteiger partial charge >= 0.3 is 0 Å². The third kappa shape index (κ3) is 3.48. The number of carbonyl (C=O) groups excluding carboxylic acids is 1. The standard InChI is InChI=1S/C15H13FN2O/c1-11-6-8-12(9-7-11)10-17-18-15(19)13-4-2-3-5-14(13)16/h2-10H,1H3,(H,18,19). The third-order valence-electron chi connectivity index (χ3n) is 2.58. The van der Waals surface area contributed by atoms with Crippen LogP contribution < -0.4 is 5.43 Å². The summed E-state index contributed by atoms with van der Waals surface area (Å²) in [7, 11) is 0. The normalized spacial score (nSPS) is 10.6. The van der Waals surface area contributed by atoms with Crippen LogP contribution in [0.25, 0.3) is 0 Å². The molecule has 0 aliphatic heterocycles. The van der Waals surface area contributed by atoms with Gasteiger partial charge in [0.1, 0.15) is 5.82 Å². The Morgan fingerprint density at radius 3 is 2.53 bits per heavy atom. The fraction of sp³-hybridized carbons (Fsp3) is 0.0667. The summed E-state index contributed by atoms with van der Waals surface area (Å²) in [5, 5.41) is 3.80. The second kappa shape index (κ2) is 5.91. The van der Waals surface area contributed by atoms with Gasteiger partial charge in [0.25, 0.3) is 5.91 Å². The number of carbonyl (C=O) groups is 1. The predicted octanol–water partition coefficient (Wildman–Crippen LogP) is 2.90. The van der Waals surface area contributed by atoms with Gasteiger partial charge in [0, 0.05) is 0 Å². The fourth-order valence-corrected chi connectivity index (χ4v) is 1.52. The second-order valence-corrected chi connectivity index (χ2v) is 4.09. The van der Waals surface area contributed by atoms with E-state index in [1.807, 2.05) is 31.2 Å². The summed E-state index contributed by atoms with van der Waals surface area (Å²) < 4.78 is 13.3. The molecule has 0 aliphatic carbocycles. The molecule has 2 aromatic rings. The molecule has 1 amide bonds. The van der Waals surface area contributed by atoms with Crippen molar-refractivity contribution in [1.82, 2.24) is 5.43 Å². The van der Waals surface area contributed by atoms with Crippen LogP contribution in [0.15, 0.2) is 53.6 Å². The topological polar surface area (TPSA) is 41.5 Å². The molecule has 0 fully saturated rings. The predicted molar refractivity (Wildman–Crippen MR) is 72.6 cm³/mol. The number of hydrogen-bond donors (Lipinski definition) is 1. The first-order valence-corrected chi connectivity index (χ1v) is 5.81. The molecular formula is C15H13FN2O. The summed E-state index contributed by atoms with van der Waals surface area (Å²) in [5.74, 6) is -1.13. The van der Waals surface area contributed by atoms with Gasteiger partial charge in [-0.05, 0) is 24.6 Å². The van der Waals surface area contributed by atoms with Gasteiger partial charge < -0.3 is 0 Å². The van der Waals surface area contributed by atoms with E-state index in [-0.39, 0.29) is 5.56 Å². The van der Waals surface area contributed by atoms with E-state index in [1.165, 1.54) is 24.4 Å². The summed E-state index contributed by atoms with van der Waals surface area (Å²) in [4.78, 5) is 11.6. The number of hydrogen-bond acceptors (Lipinski definition) is 2. The van der Waals surface area contributed by atoms with Crippen LogP contribution in [-0.2, 0) is 0 Å². The monoisotopic (exact) mass is 256 g/mol. The van der Waals surface area contributed by atoms with Gasteiger partial charge in [-0.1, -0.05) is 42.0 Å². The Kier molecular flexibility index (Phi) is 4.03. The molecule has 0 radical (unpaired) electrons. The number of rotatable bonds is 3. The molecule has 4 heteroatoms. The molecule has 96 valence electrons. The van der Waals surface area contributed by atoms with Gasteiger partial charge in [0.05, 0.1) is 11.8 Å². The number of nitrogens with zero attached hydrogens (tertiary/aromatic N) is 1. The smallest absolute Gasteiger partial charge is 0.267 e. The van der Waals surface area contributed by atoms with Crippen molar-refractivity contribution in [2.45, 2.75) is 6.92 Å². The molecule has 0 spiro atoms. The Balaban J connectivity index is 2.01. The minimum absolute atomic E-state index is 0.0245. The molecule has 3 nitrogen and oxygen atoms in total. The van der Waals surface area contributed by atoms with Gasteiger partial charge in [-0.15, -0.1) is 0 Å². The molecule has 0 heterocycles. The van der Waals surface area contributed by atoms with Crippen LogP contribution in [0.2, 0.25) is 0 Å². The molecule has 0 saturated carbocycles. The minimum atomic E-state index is -0.568. The van der Waals surface area contributed by atoms with E-state index < -0.39 is 11.7 Å². The molecule has 0 aromatic heterocycles. The van der Waals surface area contributed by atoms with E-state index >= 15 is 0 Å². The first kappa shape index (κ1) is 13.0. The molecule has 0 saturated heterocycles. The van der Waals surface area contributed by atoms with E-state index in [2.05, 4.69) is 10.5 Å². The van der Waals surface area contributed by atoms with Crippen molar-refractivity contribution in [3.63, 3.8) is 0 Å². The van der Waals surface area contributed by atoms with Crippen molar-refractivity contribution in [2.75, 3.05) is 0 Å². The van der Waals surface area contributed by atoms with Crippen LogP contribution in [0.4, 0.5) is 4.39 Å². The zero-order chi connectivity index (χ0) is 13.7. The van der Waals surface area contributed by atoms with Crippen LogP contribution in [-0.4, -0.2) is 12.1 Å². The lowest BCUT2D eigenvalue weighted by Gasteiger charge is -2.00. The van der Waals surface area contributed by atoms with Crippen LogP contribution in [0.1, 0.15) is 21.5 Å². The molecular weight excluding hydrogens is 243 g/mol. The quantitative estimate of drug-likeness (QED) is 0.665. The zero-order valence-corrected chi connectivity index (χ0v) is 10.4. The van der Waals surface area contributed by atoms with E-state index in [9.17, 15) is 9.18 Å². The lowest BCUT2D eigenvalue weighted by molar-refractivity contribution is 0.0951. The zero-order valence-electron chi connectivity index (χ0n) is 10.4. The largest absolute Gasteiger partial charge is 0.274 e. The highest BCUT2D eigenvalue weighted by atomic mass is 19.1. The van der Waals surface area contributed by atoms with Gasteiger partial charge in [-0.25, -0.2) is 9.82 Å². The maximum Gasteiger partial charge on any atom is 0.274 e. The van der Waals surface area contributed by atoms with Gasteiger partial charge in [-0.2, -0.15) is 5.10 Å². The summed E-state index contributed by atoms with van der Waals surface area (Å²) >= 11 is 0. The van der Waals surface area contributed by atoms with Crippen molar-refractivity contribution < 1.29 is 9.18 Å². The first-order valence-electron chi connectivity index (χ1n) is 5.81. The number of halogens is 1. The number of aryl methyl sites for hydroxylation is 1. The van der Waals surface area contributed by atoms with E-state index in [4.69, 9.17) is 0 Å². The molecule has 0 bridgehead atoms. The van der Waals surface area contributed by atoms with Gasteiger partial charge in [0.15, 0.2) is 0 Å². The Bertz CT molecular complexity index is 606. The maximum atomic E-state index is 13.3. The highest BCUT2D eigenvalue weighted by molar-refractivity contribution is 5.95. The Labute approximate surface area is 110 Å². The molecule has 2 rings (SSSR count). The second-order valence-electron chi connectivity index (χ2n) is 4.09. The summed E-state index contributed by atoms with van der Waals surface area (Å²) in [6, 6.07) is 13.4. The number of hydrazone groups is 1. The van der Waals surface area contributed by atoms with Crippen molar-refractivity contribution >= 4 is 12.1 Å². The fourth-order valence-electron chi connectivity index (χ4n) is 1.52. The van der Waals surface area contributed by atoms with Gasteiger partial charge in [0.2, 0.25) is 0 Å². The van der Waals surface area contributed by atoms with Crippen LogP contribution in [0.5, 0.6) is 0 Å². The molecule has 0 aliphatic rings. The van der Waals surface area contributed by atoms with Crippen molar-refractivity contribution in [2.24, 2.45) is 5.10 Å². The Morgan fingerprint density at radius 2 is 1.84 bits per heavy atom. The van der Waals surface area contributed by atoms with Crippen molar-refractivity contribution in [1.29, 1.82) is 0 Å². The van der Waals surface area contributed by atoms with Crippen molar-refractivity contribution in [3.8, 4) is 0 Å². The summed E-state index contributed by atoms with van der Waals surface area (Å²) in [6.07, 6.45) is 1.51. The number of nitrogens with one attached hydrogen (secondary N) is 1. The molecule has 0 atom stereocenters. The SMILES string of the molecule is Cc1ccc(C=NNC(=O)c2ccccc2F)cc1. The average molecular weight is 256 g/mol. The third-order valence-corrected chi connectivity index (χ3v) is 2.58. The Hall–Kier alpha value is -2.49. The highest BCUT2D eigenvalue weighted by Gasteiger charge is 2.08. The summed E-state index contributed by atoms with van der Waals surface area (Å²) in [6.45, 7) is 1.99. The van der Waals surface area contributed by atoms with Crippen LogP contribution in [0, 0.1) is 12.7 Å². The lowest BCUT2D eigenvalue weighted by atomic mass is 10.2. The Morgan fingerprint density at radius 1 is 1.16 bits per heavy atom. The maximum absolute atomic E-state index is 13.3. The minimum Gasteiger partial charge on any atom is -0.267 e.